The van der Waals surface area contributed by atoms with Gasteiger partial charge in [-0.05, 0) is 63.8 Å². The molecule has 0 radical (unpaired) electrons. The second-order valence-electron chi connectivity index (χ2n) is 5.80. The maximum Gasteiger partial charge on any atom is 0.133 e. The highest BCUT2D eigenvalue weighted by Crippen LogP contribution is 2.24. The molecule has 120 valence electrons. The molecular weight excluding hydrogens is 278 g/mol. The second-order valence-corrected chi connectivity index (χ2v) is 6.79. The van der Waals surface area contributed by atoms with E-state index < -0.39 is 0 Å². The molecule has 0 saturated carbocycles. The van der Waals surface area contributed by atoms with E-state index in [9.17, 15) is 0 Å². The maximum absolute atomic E-state index is 4.82. The Morgan fingerprint density at radius 2 is 2.10 bits per heavy atom. The average molecular weight is 310 g/mol. The van der Waals surface area contributed by atoms with Gasteiger partial charge >= 0.3 is 0 Å². The SMILES string of the molecule is CCCNCc1c(C)cc(C)nc1N(C)C(C)CCSC. The van der Waals surface area contributed by atoms with Gasteiger partial charge in [-0.2, -0.15) is 11.8 Å². The Morgan fingerprint density at radius 1 is 1.38 bits per heavy atom. The molecule has 1 unspecified atom stereocenters. The molecular formula is C17H31N3S. The summed E-state index contributed by atoms with van der Waals surface area (Å²) in [5.41, 5.74) is 3.78. The zero-order chi connectivity index (χ0) is 15.8. The van der Waals surface area contributed by atoms with E-state index in [1.54, 1.807) is 0 Å². The predicted molar refractivity (Wildman–Crippen MR) is 96.6 cm³/mol. The third kappa shape index (κ3) is 5.51. The average Bonchev–Trinajstić information content (AvgIpc) is 2.45. The van der Waals surface area contributed by atoms with Gasteiger partial charge in [0.05, 0.1) is 0 Å². The zero-order valence-corrected chi connectivity index (χ0v) is 15.3. The van der Waals surface area contributed by atoms with Crippen LogP contribution in [0.15, 0.2) is 6.07 Å². The van der Waals surface area contributed by atoms with E-state index in [4.69, 9.17) is 4.98 Å². The molecule has 1 rings (SSSR count). The van der Waals surface area contributed by atoms with Crippen LogP contribution in [0.2, 0.25) is 0 Å². The van der Waals surface area contributed by atoms with Crippen LogP contribution in [0, 0.1) is 13.8 Å². The number of hydrogen-bond acceptors (Lipinski definition) is 4. The van der Waals surface area contributed by atoms with Crippen molar-refractivity contribution in [3.05, 3.63) is 22.9 Å². The summed E-state index contributed by atoms with van der Waals surface area (Å²) in [6.07, 6.45) is 4.52. The number of rotatable bonds is 9. The van der Waals surface area contributed by atoms with Crippen molar-refractivity contribution in [3.63, 3.8) is 0 Å². The van der Waals surface area contributed by atoms with Gasteiger partial charge in [-0.15, -0.1) is 0 Å². The molecule has 21 heavy (non-hydrogen) atoms. The van der Waals surface area contributed by atoms with Gasteiger partial charge < -0.3 is 10.2 Å². The molecule has 0 aliphatic carbocycles. The van der Waals surface area contributed by atoms with Crippen LogP contribution in [0.5, 0.6) is 0 Å². The van der Waals surface area contributed by atoms with Crippen molar-refractivity contribution in [2.45, 2.75) is 53.1 Å². The number of nitrogens with one attached hydrogen (secondary N) is 1. The van der Waals surface area contributed by atoms with Gasteiger partial charge in [0.25, 0.3) is 0 Å². The Kier molecular flexibility index (Phi) is 8.12. The Bertz CT molecular complexity index is 434. The molecule has 0 fully saturated rings. The summed E-state index contributed by atoms with van der Waals surface area (Å²) in [4.78, 5) is 7.17. The number of anilines is 1. The summed E-state index contributed by atoms with van der Waals surface area (Å²) >= 11 is 1.91. The molecule has 1 atom stereocenters. The molecule has 0 bridgehead atoms. The fourth-order valence-electron chi connectivity index (χ4n) is 2.43. The van der Waals surface area contributed by atoms with Gasteiger partial charge in [-0.25, -0.2) is 4.98 Å². The van der Waals surface area contributed by atoms with Crippen LogP contribution in [-0.2, 0) is 6.54 Å². The van der Waals surface area contributed by atoms with Crippen LogP contribution < -0.4 is 10.2 Å². The Balaban J connectivity index is 2.96. The number of aryl methyl sites for hydroxylation is 2. The summed E-state index contributed by atoms with van der Waals surface area (Å²) in [7, 11) is 2.18. The van der Waals surface area contributed by atoms with Crippen LogP contribution >= 0.6 is 11.8 Å². The first kappa shape index (κ1) is 18.3. The first-order valence-electron chi connectivity index (χ1n) is 7.90. The Labute approximate surface area is 134 Å². The van der Waals surface area contributed by atoms with E-state index in [-0.39, 0.29) is 0 Å². The molecule has 1 aromatic heterocycles. The molecule has 0 aromatic carbocycles. The van der Waals surface area contributed by atoms with E-state index in [1.165, 1.54) is 23.3 Å². The lowest BCUT2D eigenvalue weighted by molar-refractivity contribution is 0.640. The fraction of sp³-hybridized carbons (Fsp3) is 0.706. The zero-order valence-electron chi connectivity index (χ0n) is 14.5. The lowest BCUT2D eigenvalue weighted by Crippen LogP contribution is -2.32. The van der Waals surface area contributed by atoms with E-state index in [0.29, 0.717) is 6.04 Å². The lowest BCUT2D eigenvalue weighted by Gasteiger charge is -2.29. The monoisotopic (exact) mass is 309 g/mol. The van der Waals surface area contributed by atoms with Gasteiger partial charge in [-0.3, -0.25) is 0 Å². The van der Waals surface area contributed by atoms with Crippen molar-refractivity contribution < 1.29 is 0 Å². The minimum absolute atomic E-state index is 0.510. The van der Waals surface area contributed by atoms with Gasteiger partial charge in [0.15, 0.2) is 0 Å². The van der Waals surface area contributed by atoms with Crippen molar-refractivity contribution >= 4 is 17.6 Å². The van der Waals surface area contributed by atoms with E-state index in [1.807, 2.05) is 11.8 Å². The third-order valence-electron chi connectivity index (χ3n) is 3.92. The summed E-state index contributed by atoms with van der Waals surface area (Å²) < 4.78 is 0. The van der Waals surface area contributed by atoms with Crippen LogP contribution in [0.3, 0.4) is 0 Å². The van der Waals surface area contributed by atoms with E-state index >= 15 is 0 Å². The summed E-state index contributed by atoms with van der Waals surface area (Å²) in [5.74, 6) is 2.34. The first-order valence-corrected chi connectivity index (χ1v) is 9.30. The second kappa shape index (κ2) is 9.31. The van der Waals surface area contributed by atoms with Crippen molar-refractivity contribution in [1.29, 1.82) is 0 Å². The lowest BCUT2D eigenvalue weighted by atomic mass is 10.1. The number of thioether (sulfide) groups is 1. The molecule has 0 aliphatic heterocycles. The molecule has 4 heteroatoms. The van der Waals surface area contributed by atoms with Crippen molar-refractivity contribution in [3.8, 4) is 0 Å². The molecule has 1 aromatic rings. The molecule has 0 amide bonds. The fourth-order valence-corrected chi connectivity index (χ4v) is 3.01. The molecule has 0 aliphatic rings. The molecule has 0 spiro atoms. The predicted octanol–water partition coefficient (Wildman–Crippen LogP) is 3.78. The minimum atomic E-state index is 0.510. The number of nitrogens with zero attached hydrogens (tertiary/aromatic N) is 2. The Morgan fingerprint density at radius 3 is 2.71 bits per heavy atom. The number of aromatic nitrogens is 1. The highest BCUT2D eigenvalue weighted by atomic mass is 32.2. The molecule has 1 N–H and O–H groups in total. The highest BCUT2D eigenvalue weighted by Gasteiger charge is 2.17. The number of pyridine rings is 1. The van der Waals surface area contributed by atoms with Crippen LogP contribution in [0.1, 0.15) is 43.5 Å². The normalized spacial score (nSPS) is 12.5. The number of hydrogen-bond donors (Lipinski definition) is 1. The third-order valence-corrected chi connectivity index (χ3v) is 4.56. The first-order chi connectivity index (χ1) is 10.0. The van der Waals surface area contributed by atoms with Crippen LogP contribution in [0.25, 0.3) is 0 Å². The summed E-state index contributed by atoms with van der Waals surface area (Å²) in [6.45, 7) is 10.7. The largest absolute Gasteiger partial charge is 0.357 e. The molecule has 0 saturated heterocycles. The molecule has 3 nitrogen and oxygen atoms in total. The standard InChI is InChI=1S/C17H31N3S/c1-7-9-18-12-16-13(2)11-14(3)19-17(16)20(5)15(4)8-10-21-6/h11,15,18H,7-10,12H2,1-6H3. The quantitative estimate of drug-likeness (QED) is 0.703. The van der Waals surface area contributed by atoms with Crippen molar-refractivity contribution in [2.24, 2.45) is 0 Å². The maximum atomic E-state index is 4.82. The smallest absolute Gasteiger partial charge is 0.133 e. The van der Waals surface area contributed by atoms with Gasteiger partial charge in [0.1, 0.15) is 5.82 Å². The molecule has 1 heterocycles. The van der Waals surface area contributed by atoms with Gasteiger partial charge in [0, 0.05) is 30.9 Å². The minimum Gasteiger partial charge on any atom is -0.357 e. The highest BCUT2D eigenvalue weighted by molar-refractivity contribution is 7.98. The Hall–Kier alpha value is -0.740. The topological polar surface area (TPSA) is 28.2 Å². The van der Waals surface area contributed by atoms with Crippen molar-refractivity contribution in [2.75, 3.05) is 30.5 Å². The summed E-state index contributed by atoms with van der Waals surface area (Å²) in [6, 6.07) is 2.70. The van der Waals surface area contributed by atoms with Gasteiger partial charge in [0.2, 0.25) is 0 Å². The van der Waals surface area contributed by atoms with Crippen LogP contribution in [-0.4, -0.2) is 36.6 Å². The van der Waals surface area contributed by atoms with Gasteiger partial charge in [-0.1, -0.05) is 6.92 Å². The van der Waals surface area contributed by atoms with E-state index in [0.717, 1.165) is 31.0 Å². The summed E-state index contributed by atoms with van der Waals surface area (Å²) in [5, 5.41) is 3.52. The van der Waals surface area contributed by atoms with E-state index in [2.05, 4.69) is 57.3 Å². The van der Waals surface area contributed by atoms with Crippen molar-refractivity contribution in [1.82, 2.24) is 10.3 Å². The van der Waals surface area contributed by atoms with Crippen LogP contribution in [0.4, 0.5) is 5.82 Å².